The molecule has 0 saturated carbocycles. The van der Waals surface area contributed by atoms with Crippen LogP contribution in [0.3, 0.4) is 0 Å². The average molecular weight is 292 g/mol. The van der Waals surface area contributed by atoms with Crippen LogP contribution in [0.5, 0.6) is 0 Å². The number of fused-ring (bicyclic) bond motifs is 1. The normalized spacial score (nSPS) is 17.9. The summed E-state index contributed by atoms with van der Waals surface area (Å²) in [5, 5.41) is 0.0622. The fraction of sp³-hybridized carbons (Fsp3) is 0.125. The van der Waals surface area contributed by atoms with Gasteiger partial charge in [-0.05, 0) is 29.3 Å². The van der Waals surface area contributed by atoms with E-state index in [0.29, 0.717) is 0 Å². The van der Waals surface area contributed by atoms with Crippen molar-refractivity contribution in [1.82, 2.24) is 0 Å². The second-order valence-corrected chi connectivity index (χ2v) is 5.74. The Morgan fingerprint density at radius 3 is 2.30 bits per heavy atom. The predicted molar refractivity (Wildman–Crippen MR) is 75.5 cm³/mol. The summed E-state index contributed by atoms with van der Waals surface area (Å²) < 4.78 is 37.6. The van der Waals surface area contributed by atoms with Gasteiger partial charge in [-0.1, -0.05) is 42.5 Å². The lowest BCUT2D eigenvalue weighted by atomic mass is 10.1. The monoisotopic (exact) mass is 292 g/mol. The molecule has 0 saturated heterocycles. The van der Waals surface area contributed by atoms with Crippen LogP contribution in [0.1, 0.15) is 21.9 Å². The van der Waals surface area contributed by atoms with Crippen molar-refractivity contribution >= 4 is 17.8 Å². The smallest absolute Gasteiger partial charge is 0.166 e. The van der Waals surface area contributed by atoms with Gasteiger partial charge in [0.2, 0.25) is 0 Å². The lowest BCUT2D eigenvalue weighted by molar-refractivity contribution is -0.137. The van der Waals surface area contributed by atoms with E-state index in [1.165, 1.54) is 0 Å². The van der Waals surface area contributed by atoms with Gasteiger partial charge in [-0.3, -0.25) is 0 Å². The van der Waals surface area contributed by atoms with Gasteiger partial charge in [-0.25, -0.2) is 0 Å². The summed E-state index contributed by atoms with van der Waals surface area (Å²) >= 11 is 1.66. The molecule has 0 bridgehead atoms. The summed E-state index contributed by atoms with van der Waals surface area (Å²) in [6.07, 6.45) is -0.232. The van der Waals surface area contributed by atoms with E-state index in [9.17, 15) is 13.2 Å². The first-order valence-corrected chi connectivity index (χ1v) is 7.03. The molecular formula is C16H11F3S. The fourth-order valence-electron chi connectivity index (χ4n) is 2.13. The molecule has 1 heterocycles. The van der Waals surface area contributed by atoms with Crippen molar-refractivity contribution in [3.63, 3.8) is 0 Å². The molecule has 2 aromatic rings. The van der Waals surface area contributed by atoms with Crippen LogP contribution in [0.15, 0.2) is 59.5 Å². The quantitative estimate of drug-likeness (QED) is 0.662. The number of alkyl halides is 3. The van der Waals surface area contributed by atoms with E-state index < -0.39 is 11.7 Å². The summed E-state index contributed by atoms with van der Waals surface area (Å²) in [5.74, 6) is 0. The Hall–Kier alpha value is -1.68. The van der Waals surface area contributed by atoms with E-state index in [2.05, 4.69) is 0 Å². The highest BCUT2D eigenvalue weighted by molar-refractivity contribution is 7.99. The SMILES string of the molecule is FC(F)(F)c1ccc([C@H]2C=Cc3ccccc3S2)cc1. The Morgan fingerprint density at radius 2 is 1.60 bits per heavy atom. The Bertz CT molecular complexity index is 642. The maximum Gasteiger partial charge on any atom is 0.416 e. The predicted octanol–water partition coefficient (Wildman–Crippen LogP) is 5.57. The molecule has 0 aliphatic carbocycles. The van der Waals surface area contributed by atoms with Crippen molar-refractivity contribution < 1.29 is 13.2 Å². The molecule has 1 aliphatic rings. The van der Waals surface area contributed by atoms with Gasteiger partial charge in [0.25, 0.3) is 0 Å². The van der Waals surface area contributed by atoms with Gasteiger partial charge in [-0.2, -0.15) is 13.2 Å². The number of halogens is 3. The molecule has 0 N–H and O–H groups in total. The van der Waals surface area contributed by atoms with Crippen molar-refractivity contribution in [2.45, 2.75) is 16.3 Å². The highest BCUT2D eigenvalue weighted by atomic mass is 32.2. The Kier molecular flexibility index (Phi) is 3.34. The first-order chi connectivity index (χ1) is 9.54. The van der Waals surface area contributed by atoms with E-state index in [1.807, 2.05) is 36.4 Å². The number of hydrogen-bond donors (Lipinski definition) is 0. The zero-order chi connectivity index (χ0) is 14.2. The van der Waals surface area contributed by atoms with Crippen LogP contribution in [-0.2, 0) is 6.18 Å². The average Bonchev–Trinajstić information content (AvgIpc) is 2.46. The zero-order valence-corrected chi connectivity index (χ0v) is 11.2. The number of rotatable bonds is 1. The summed E-state index contributed by atoms with van der Waals surface area (Å²) in [6.45, 7) is 0. The summed E-state index contributed by atoms with van der Waals surface area (Å²) in [6, 6.07) is 13.4. The van der Waals surface area contributed by atoms with E-state index in [0.717, 1.165) is 28.2 Å². The van der Waals surface area contributed by atoms with Crippen LogP contribution < -0.4 is 0 Å². The van der Waals surface area contributed by atoms with Crippen LogP contribution in [0.2, 0.25) is 0 Å². The van der Waals surface area contributed by atoms with Gasteiger partial charge in [0.15, 0.2) is 0 Å². The van der Waals surface area contributed by atoms with Crippen LogP contribution in [0.4, 0.5) is 13.2 Å². The number of thioether (sulfide) groups is 1. The third-order valence-electron chi connectivity index (χ3n) is 3.19. The largest absolute Gasteiger partial charge is 0.416 e. The molecule has 0 amide bonds. The first-order valence-electron chi connectivity index (χ1n) is 6.15. The second kappa shape index (κ2) is 5.02. The molecule has 0 spiro atoms. The standard InChI is InChI=1S/C16H11F3S/c17-16(18,19)13-8-5-12(6-9-13)15-10-7-11-3-1-2-4-14(11)20-15/h1-10,15H/t15-/m1/s1. The summed E-state index contributed by atoms with van der Waals surface area (Å²) in [7, 11) is 0. The topological polar surface area (TPSA) is 0 Å². The van der Waals surface area contributed by atoms with Crippen molar-refractivity contribution in [2.24, 2.45) is 0 Å². The zero-order valence-electron chi connectivity index (χ0n) is 10.4. The number of hydrogen-bond acceptors (Lipinski definition) is 1. The molecule has 1 atom stereocenters. The van der Waals surface area contributed by atoms with Crippen LogP contribution in [0.25, 0.3) is 6.08 Å². The molecule has 3 rings (SSSR count). The molecule has 0 aromatic heterocycles. The van der Waals surface area contributed by atoms with E-state index in [-0.39, 0.29) is 5.25 Å². The fourth-order valence-corrected chi connectivity index (χ4v) is 3.29. The van der Waals surface area contributed by atoms with Crippen LogP contribution >= 0.6 is 11.8 Å². The minimum atomic E-state index is -4.28. The van der Waals surface area contributed by atoms with Gasteiger partial charge in [0.05, 0.1) is 10.8 Å². The lowest BCUT2D eigenvalue weighted by Crippen LogP contribution is -2.05. The lowest BCUT2D eigenvalue weighted by Gasteiger charge is -2.19. The van der Waals surface area contributed by atoms with Gasteiger partial charge < -0.3 is 0 Å². The first kappa shape index (κ1) is 13.3. The van der Waals surface area contributed by atoms with Crippen molar-refractivity contribution in [2.75, 3.05) is 0 Å². The molecule has 0 fully saturated rings. The Morgan fingerprint density at radius 1 is 0.900 bits per heavy atom. The number of benzene rings is 2. The van der Waals surface area contributed by atoms with Gasteiger partial charge in [-0.15, -0.1) is 11.8 Å². The highest BCUT2D eigenvalue weighted by Crippen LogP contribution is 2.42. The van der Waals surface area contributed by atoms with E-state index in [4.69, 9.17) is 0 Å². The second-order valence-electron chi connectivity index (χ2n) is 4.56. The van der Waals surface area contributed by atoms with E-state index in [1.54, 1.807) is 23.9 Å². The minimum absolute atomic E-state index is 0.0622. The van der Waals surface area contributed by atoms with Gasteiger partial charge >= 0.3 is 6.18 Å². The molecule has 2 aromatic carbocycles. The molecule has 0 nitrogen and oxygen atoms in total. The van der Waals surface area contributed by atoms with Crippen molar-refractivity contribution in [3.8, 4) is 0 Å². The van der Waals surface area contributed by atoms with Crippen molar-refractivity contribution in [1.29, 1.82) is 0 Å². The highest BCUT2D eigenvalue weighted by Gasteiger charge is 2.30. The summed E-state index contributed by atoms with van der Waals surface area (Å²) in [4.78, 5) is 1.15. The molecule has 0 radical (unpaired) electrons. The van der Waals surface area contributed by atoms with Crippen LogP contribution in [-0.4, -0.2) is 0 Å². The van der Waals surface area contributed by atoms with Crippen molar-refractivity contribution in [3.05, 3.63) is 71.3 Å². The molecule has 1 aliphatic heterocycles. The third kappa shape index (κ3) is 2.61. The maximum atomic E-state index is 12.5. The molecule has 102 valence electrons. The van der Waals surface area contributed by atoms with Gasteiger partial charge in [0, 0.05) is 4.90 Å². The molecule has 20 heavy (non-hydrogen) atoms. The van der Waals surface area contributed by atoms with E-state index >= 15 is 0 Å². The van der Waals surface area contributed by atoms with Gasteiger partial charge in [0.1, 0.15) is 0 Å². The minimum Gasteiger partial charge on any atom is -0.166 e. The molecule has 4 heteroatoms. The molecular weight excluding hydrogens is 281 g/mol. The maximum absolute atomic E-state index is 12.5. The van der Waals surface area contributed by atoms with Crippen LogP contribution in [0, 0.1) is 0 Å². The summed E-state index contributed by atoms with van der Waals surface area (Å²) in [5.41, 5.74) is 1.43. The Labute approximate surface area is 119 Å². The molecule has 0 unspecified atom stereocenters. The third-order valence-corrected chi connectivity index (χ3v) is 4.50. The Balaban J connectivity index is 1.85.